The van der Waals surface area contributed by atoms with Crippen molar-refractivity contribution in [1.82, 2.24) is 4.90 Å². The largest absolute Gasteiger partial charge is 0.305 e. The smallest absolute Gasteiger partial charge is 0.0539 e. The Bertz CT molecular complexity index is 181. The van der Waals surface area contributed by atoms with Crippen LogP contribution in [-0.2, 0) is 0 Å². The summed E-state index contributed by atoms with van der Waals surface area (Å²) in [5, 5.41) is 0. The molecule has 0 spiro atoms. The Morgan fingerprint density at radius 2 is 2.07 bits per heavy atom. The molecule has 0 aromatic heterocycles. The molecule has 0 bridgehead atoms. The SMILES string of the molecule is [CH2]CN(C)CC1(SN=O)CCCCC1. The first-order valence-electron chi connectivity index (χ1n) is 5.21. The number of nitrogens with zero attached hydrogens (tertiary/aromatic N) is 2. The van der Waals surface area contributed by atoms with Gasteiger partial charge in [0, 0.05) is 23.1 Å². The fourth-order valence-electron chi connectivity index (χ4n) is 2.12. The summed E-state index contributed by atoms with van der Waals surface area (Å²) in [5.74, 6) is 0. The number of rotatable bonds is 5. The van der Waals surface area contributed by atoms with Gasteiger partial charge in [-0.15, -0.1) is 4.91 Å². The van der Waals surface area contributed by atoms with Gasteiger partial charge in [0.1, 0.15) is 0 Å². The molecule has 1 rings (SSSR count). The van der Waals surface area contributed by atoms with Gasteiger partial charge in [0.25, 0.3) is 0 Å². The zero-order valence-corrected chi connectivity index (χ0v) is 9.68. The van der Waals surface area contributed by atoms with Crippen LogP contribution >= 0.6 is 11.9 Å². The van der Waals surface area contributed by atoms with Gasteiger partial charge < -0.3 is 4.90 Å². The predicted octanol–water partition coefficient (Wildman–Crippen LogP) is 2.87. The Morgan fingerprint density at radius 3 is 2.57 bits per heavy atom. The minimum absolute atomic E-state index is 0.0758. The second kappa shape index (κ2) is 5.71. The third kappa shape index (κ3) is 3.24. The fourth-order valence-corrected chi connectivity index (χ4v) is 3.03. The van der Waals surface area contributed by atoms with E-state index in [-0.39, 0.29) is 4.75 Å². The lowest BCUT2D eigenvalue weighted by Crippen LogP contribution is -2.40. The van der Waals surface area contributed by atoms with Gasteiger partial charge >= 0.3 is 0 Å². The Labute approximate surface area is 90.7 Å². The molecule has 0 aromatic rings. The average molecular weight is 215 g/mol. The third-order valence-electron chi connectivity index (χ3n) is 2.94. The number of hydrogen-bond donors (Lipinski definition) is 0. The summed E-state index contributed by atoms with van der Waals surface area (Å²) in [5.41, 5.74) is 0. The van der Waals surface area contributed by atoms with E-state index in [1.54, 1.807) is 0 Å². The van der Waals surface area contributed by atoms with Crippen LogP contribution in [0, 0.1) is 11.8 Å². The third-order valence-corrected chi connectivity index (χ3v) is 3.93. The van der Waals surface area contributed by atoms with E-state index in [1.165, 1.54) is 31.2 Å². The van der Waals surface area contributed by atoms with Crippen molar-refractivity contribution in [3.05, 3.63) is 11.8 Å². The minimum Gasteiger partial charge on any atom is -0.305 e. The molecule has 3 nitrogen and oxygen atoms in total. The van der Waals surface area contributed by atoms with Crippen LogP contribution in [0.2, 0.25) is 0 Å². The lowest BCUT2D eigenvalue weighted by molar-refractivity contribution is 0.274. The Kier molecular flexibility index (Phi) is 4.89. The van der Waals surface area contributed by atoms with Crippen LogP contribution in [0.1, 0.15) is 32.1 Å². The molecule has 1 aliphatic rings. The minimum atomic E-state index is 0.0758. The molecule has 14 heavy (non-hydrogen) atoms. The normalized spacial score (nSPS) is 21.1. The van der Waals surface area contributed by atoms with E-state index in [4.69, 9.17) is 0 Å². The highest BCUT2D eigenvalue weighted by Crippen LogP contribution is 2.40. The maximum absolute atomic E-state index is 10.4. The predicted molar refractivity (Wildman–Crippen MR) is 62.1 cm³/mol. The van der Waals surface area contributed by atoms with Crippen molar-refractivity contribution in [1.29, 1.82) is 0 Å². The topological polar surface area (TPSA) is 32.7 Å². The van der Waals surface area contributed by atoms with Crippen molar-refractivity contribution in [2.24, 2.45) is 4.58 Å². The Hall–Kier alpha value is -0.0900. The van der Waals surface area contributed by atoms with E-state index in [0.717, 1.165) is 25.9 Å². The van der Waals surface area contributed by atoms with E-state index in [9.17, 15) is 4.91 Å². The molecular formula is C10H19N2OS. The molecule has 0 heterocycles. The van der Waals surface area contributed by atoms with Gasteiger partial charge in [0.2, 0.25) is 0 Å². The second-order valence-electron chi connectivity index (χ2n) is 4.15. The van der Waals surface area contributed by atoms with Crippen molar-refractivity contribution in [2.45, 2.75) is 36.9 Å². The standard InChI is InChI=1S/C10H19N2OS/c1-3-12(2)9-10(14-11-13)7-5-4-6-8-10/h1,3-9H2,2H3. The summed E-state index contributed by atoms with van der Waals surface area (Å²) in [6, 6.07) is 0. The summed E-state index contributed by atoms with van der Waals surface area (Å²) in [6.45, 7) is 5.58. The molecule has 0 saturated heterocycles. The van der Waals surface area contributed by atoms with E-state index in [2.05, 4.69) is 23.5 Å². The van der Waals surface area contributed by atoms with Crippen LogP contribution in [0.4, 0.5) is 0 Å². The average Bonchev–Trinajstić information content (AvgIpc) is 2.19. The van der Waals surface area contributed by atoms with E-state index >= 15 is 0 Å². The van der Waals surface area contributed by atoms with Crippen LogP contribution < -0.4 is 0 Å². The molecule has 0 atom stereocenters. The molecule has 81 valence electrons. The first kappa shape index (κ1) is 12.0. The van der Waals surface area contributed by atoms with Crippen molar-refractivity contribution in [3.8, 4) is 0 Å². The van der Waals surface area contributed by atoms with E-state index in [0.29, 0.717) is 0 Å². The molecule has 0 N–H and O–H groups in total. The molecule has 1 aliphatic carbocycles. The van der Waals surface area contributed by atoms with Gasteiger partial charge in [0.05, 0.1) is 4.75 Å². The van der Waals surface area contributed by atoms with Crippen LogP contribution in [0.3, 0.4) is 0 Å². The lowest BCUT2D eigenvalue weighted by atomic mass is 9.88. The first-order valence-corrected chi connectivity index (χ1v) is 5.98. The molecule has 4 heteroatoms. The Morgan fingerprint density at radius 1 is 1.43 bits per heavy atom. The molecule has 0 aliphatic heterocycles. The van der Waals surface area contributed by atoms with Crippen molar-refractivity contribution < 1.29 is 0 Å². The first-order chi connectivity index (χ1) is 6.72. The molecular weight excluding hydrogens is 196 g/mol. The zero-order valence-electron chi connectivity index (χ0n) is 8.87. The van der Waals surface area contributed by atoms with Gasteiger partial charge in [-0.2, -0.15) is 0 Å². The molecule has 0 amide bonds. The summed E-state index contributed by atoms with van der Waals surface area (Å²) in [6.07, 6.45) is 6.00. The highest BCUT2D eigenvalue weighted by atomic mass is 32.2. The molecule has 1 radical (unpaired) electrons. The van der Waals surface area contributed by atoms with Gasteiger partial charge in [-0.1, -0.05) is 19.3 Å². The summed E-state index contributed by atoms with van der Waals surface area (Å²) in [7, 11) is 2.05. The monoisotopic (exact) mass is 215 g/mol. The summed E-state index contributed by atoms with van der Waals surface area (Å²) >= 11 is 1.24. The van der Waals surface area contributed by atoms with Crippen LogP contribution in [-0.4, -0.2) is 29.8 Å². The molecule has 0 aromatic carbocycles. The lowest BCUT2D eigenvalue weighted by Gasteiger charge is -2.36. The quantitative estimate of drug-likeness (QED) is 0.522. The van der Waals surface area contributed by atoms with Crippen molar-refractivity contribution >= 4 is 11.9 Å². The van der Waals surface area contributed by atoms with Crippen molar-refractivity contribution in [3.63, 3.8) is 0 Å². The number of nitroso groups, excluding NO2 is 1. The Balaban J connectivity index is 2.54. The van der Waals surface area contributed by atoms with Crippen LogP contribution in [0.25, 0.3) is 0 Å². The molecule has 1 fully saturated rings. The molecule has 1 saturated carbocycles. The zero-order chi connectivity index (χ0) is 10.4. The highest BCUT2D eigenvalue weighted by Gasteiger charge is 2.34. The van der Waals surface area contributed by atoms with Crippen LogP contribution in [0.5, 0.6) is 0 Å². The summed E-state index contributed by atoms with van der Waals surface area (Å²) in [4.78, 5) is 12.6. The highest BCUT2D eigenvalue weighted by molar-refractivity contribution is 7.99. The van der Waals surface area contributed by atoms with Gasteiger partial charge in [0.15, 0.2) is 0 Å². The maximum Gasteiger partial charge on any atom is 0.0539 e. The fraction of sp³-hybridized carbons (Fsp3) is 0.900. The van der Waals surface area contributed by atoms with Crippen molar-refractivity contribution in [2.75, 3.05) is 20.1 Å². The van der Waals surface area contributed by atoms with E-state index < -0.39 is 0 Å². The second-order valence-corrected chi connectivity index (χ2v) is 5.34. The van der Waals surface area contributed by atoms with Gasteiger partial charge in [-0.25, -0.2) is 0 Å². The van der Waals surface area contributed by atoms with Gasteiger partial charge in [-0.05, 0) is 33.4 Å². The summed E-state index contributed by atoms with van der Waals surface area (Å²) < 4.78 is 3.11. The molecule has 0 unspecified atom stereocenters. The number of hydrogen-bond acceptors (Lipinski definition) is 4. The van der Waals surface area contributed by atoms with E-state index in [1.807, 2.05) is 0 Å². The van der Waals surface area contributed by atoms with Crippen LogP contribution in [0.15, 0.2) is 4.58 Å². The maximum atomic E-state index is 10.4. The van der Waals surface area contributed by atoms with Gasteiger partial charge in [-0.3, -0.25) is 0 Å².